The monoisotopic (exact) mass is 411 g/mol. The number of carbonyl (C=O) groups is 2. The molecule has 2 fully saturated rings. The first-order chi connectivity index (χ1) is 14.0. The fourth-order valence-electron chi connectivity index (χ4n) is 4.32. The van der Waals surface area contributed by atoms with Gasteiger partial charge >= 0.3 is 0 Å². The van der Waals surface area contributed by atoms with Gasteiger partial charge in [-0.15, -0.1) is 0 Å². The van der Waals surface area contributed by atoms with Crippen LogP contribution < -0.4 is 4.90 Å². The summed E-state index contributed by atoms with van der Waals surface area (Å²) in [5.74, 6) is -0.0881. The van der Waals surface area contributed by atoms with Crippen LogP contribution in [0, 0.1) is 5.92 Å². The molecular formula is C23H26ClN3O2. The van der Waals surface area contributed by atoms with Crippen molar-refractivity contribution in [2.45, 2.75) is 19.4 Å². The zero-order valence-corrected chi connectivity index (χ0v) is 17.4. The van der Waals surface area contributed by atoms with Crippen LogP contribution in [0.25, 0.3) is 0 Å². The Kier molecular flexibility index (Phi) is 5.76. The van der Waals surface area contributed by atoms with E-state index in [1.807, 2.05) is 71.3 Å². The minimum atomic E-state index is -0.250. The lowest BCUT2D eigenvalue weighted by atomic mass is 10.1. The number of amides is 2. The molecule has 4 rings (SSSR count). The lowest BCUT2D eigenvalue weighted by Gasteiger charge is -2.37. The summed E-state index contributed by atoms with van der Waals surface area (Å²) >= 11 is 6.31. The predicted molar refractivity (Wildman–Crippen MR) is 115 cm³/mol. The maximum absolute atomic E-state index is 13.1. The van der Waals surface area contributed by atoms with Crippen molar-refractivity contribution in [1.29, 1.82) is 0 Å². The van der Waals surface area contributed by atoms with Crippen molar-refractivity contribution in [3.63, 3.8) is 0 Å². The number of halogens is 1. The highest BCUT2D eigenvalue weighted by molar-refractivity contribution is 6.33. The maximum Gasteiger partial charge on any atom is 0.228 e. The van der Waals surface area contributed by atoms with E-state index in [0.717, 1.165) is 29.4 Å². The molecule has 0 spiro atoms. The largest absolute Gasteiger partial charge is 0.367 e. The van der Waals surface area contributed by atoms with Crippen LogP contribution in [0.2, 0.25) is 5.02 Å². The highest BCUT2D eigenvalue weighted by atomic mass is 35.5. The molecule has 2 atom stereocenters. The molecule has 2 aliphatic rings. The molecule has 2 aliphatic heterocycles. The Balaban J connectivity index is 1.36. The Morgan fingerprint density at radius 2 is 1.66 bits per heavy atom. The number of hydrogen-bond acceptors (Lipinski definition) is 3. The van der Waals surface area contributed by atoms with E-state index in [9.17, 15) is 9.59 Å². The van der Waals surface area contributed by atoms with Crippen LogP contribution in [0.3, 0.4) is 0 Å². The number of anilines is 1. The zero-order valence-electron chi connectivity index (χ0n) is 16.6. The van der Waals surface area contributed by atoms with Gasteiger partial charge in [0.2, 0.25) is 11.8 Å². The Hall–Kier alpha value is -2.53. The normalized spacial score (nSPS) is 20.8. The summed E-state index contributed by atoms with van der Waals surface area (Å²) in [4.78, 5) is 31.6. The quantitative estimate of drug-likeness (QED) is 0.772. The van der Waals surface area contributed by atoms with Gasteiger partial charge in [-0.05, 0) is 24.6 Å². The standard InChI is InChI=1S/C23H26ClN3O2/c1-17(18-7-3-2-4-8-18)27-16-19(15-22(27)28)23(29)26-13-11-25(12-14-26)21-10-6-5-9-20(21)24/h2-10,17,19H,11-16H2,1H3/t17-,19-/m0/s1. The van der Waals surface area contributed by atoms with Crippen LogP contribution in [0.15, 0.2) is 54.6 Å². The molecule has 0 aromatic heterocycles. The second-order valence-corrected chi connectivity index (χ2v) is 8.20. The van der Waals surface area contributed by atoms with Gasteiger partial charge < -0.3 is 14.7 Å². The summed E-state index contributed by atoms with van der Waals surface area (Å²) in [6, 6.07) is 17.8. The van der Waals surface area contributed by atoms with Crippen LogP contribution in [0.4, 0.5) is 5.69 Å². The maximum atomic E-state index is 13.1. The molecule has 2 heterocycles. The van der Waals surface area contributed by atoms with E-state index < -0.39 is 0 Å². The number of hydrogen-bond donors (Lipinski definition) is 0. The van der Waals surface area contributed by atoms with Crippen molar-refractivity contribution < 1.29 is 9.59 Å². The molecule has 2 amide bonds. The molecule has 0 aliphatic carbocycles. The third-order valence-electron chi connectivity index (χ3n) is 6.04. The molecule has 2 aromatic carbocycles. The second-order valence-electron chi connectivity index (χ2n) is 7.80. The van der Waals surface area contributed by atoms with E-state index in [2.05, 4.69) is 4.90 Å². The summed E-state index contributed by atoms with van der Waals surface area (Å²) in [5.41, 5.74) is 2.11. The first-order valence-electron chi connectivity index (χ1n) is 10.2. The Morgan fingerprint density at radius 3 is 2.34 bits per heavy atom. The fourth-order valence-corrected chi connectivity index (χ4v) is 4.57. The highest BCUT2D eigenvalue weighted by Gasteiger charge is 2.39. The number of piperazine rings is 1. The molecular weight excluding hydrogens is 386 g/mol. The summed E-state index contributed by atoms with van der Waals surface area (Å²) < 4.78 is 0. The molecule has 6 heteroatoms. The number of nitrogens with zero attached hydrogens (tertiary/aromatic N) is 3. The van der Waals surface area contributed by atoms with Gasteiger partial charge in [0.05, 0.1) is 22.7 Å². The summed E-state index contributed by atoms with van der Waals surface area (Å²) in [7, 11) is 0. The van der Waals surface area contributed by atoms with Crippen LogP contribution in [0.1, 0.15) is 24.9 Å². The average Bonchev–Trinajstić information content (AvgIpc) is 3.15. The lowest BCUT2D eigenvalue weighted by Crippen LogP contribution is -2.50. The van der Waals surface area contributed by atoms with Gasteiger partial charge in [0, 0.05) is 39.1 Å². The number of likely N-dealkylation sites (tertiary alicyclic amines) is 1. The molecule has 2 aromatic rings. The fraction of sp³-hybridized carbons (Fsp3) is 0.391. The number of carbonyl (C=O) groups excluding carboxylic acids is 2. The van der Waals surface area contributed by atoms with Gasteiger partial charge in [-0.25, -0.2) is 0 Å². The number of benzene rings is 2. The first kappa shape index (κ1) is 19.8. The number of para-hydroxylation sites is 1. The Morgan fingerprint density at radius 1 is 1.00 bits per heavy atom. The van der Waals surface area contributed by atoms with Gasteiger partial charge in [-0.2, -0.15) is 0 Å². The topological polar surface area (TPSA) is 43.9 Å². The van der Waals surface area contributed by atoms with E-state index in [0.29, 0.717) is 26.1 Å². The molecule has 0 saturated carbocycles. The molecule has 29 heavy (non-hydrogen) atoms. The van der Waals surface area contributed by atoms with Crippen molar-refractivity contribution in [2.75, 3.05) is 37.6 Å². The van der Waals surface area contributed by atoms with E-state index in [1.165, 1.54) is 0 Å². The molecule has 0 radical (unpaired) electrons. The van der Waals surface area contributed by atoms with Gasteiger partial charge in [-0.1, -0.05) is 54.1 Å². The molecule has 152 valence electrons. The van der Waals surface area contributed by atoms with Gasteiger partial charge in [0.15, 0.2) is 0 Å². The minimum absolute atomic E-state index is 0.0152. The van der Waals surface area contributed by atoms with Crippen molar-refractivity contribution in [3.8, 4) is 0 Å². The van der Waals surface area contributed by atoms with Crippen LogP contribution in [-0.2, 0) is 9.59 Å². The van der Waals surface area contributed by atoms with Crippen molar-refractivity contribution in [1.82, 2.24) is 9.80 Å². The van der Waals surface area contributed by atoms with Crippen molar-refractivity contribution in [3.05, 3.63) is 65.2 Å². The zero-order chi connectivity index (χ0) is 20.4. The predicted octanol–water partition coefficient (Wildman–Crippen LogP) is 3.60. The van der Waals surface area contributed by atoms with E-state index >= 15 is 0 Å². The van der Waals surface area contributed by atoms with Crippen LogP contribution >= 0.6 is 11.6 Å². The van der Waals surface area contributed by atoms with Crippen LogP contribution in [-0.4, -0.2) is 54.3 Å². The average molecular weight is 412 g/mol. The highest BCUT2D eigenvalue weighted by Crippen LogP contribution is 2.30. The van der Waals surface area contributed by atoms with Crippen molar-refractivity contribution >= 4 is 29.1 Å². The molecule has 5 nitrogen and oxygen atoms in total. The summed E-state index contributed by atoms with van der Waals surface area (Å²) in [6.45, 7) is 5.34. The second kappa shape index (κ2) is 8.46. The molecule has 0 unspecified atom stereocenters. The number of rotatable bonds is 4. The van der Waals surface area contributed by atoms with E-state index in [-0.39, 0.29) is 23.8 Å². The van der Waals surface area contributed by atoms with Crippen molar-refractivity contribution in [2.24, 2.45) is 5.92 Å². The van der Waals surface area contributed by atoms with Gasteiger partial charge in [-0.3, -0.25) is 9.59 Å². The first-order valence-corrected chi connectivity index (χ1v) is 10.5. The molecule has 0 N–H and O–H groups in total. The lowest BCUT2D eigenvalue weighted by molar-refractivity contribution is -0.136. The smallest absolute Gasteiger partial charge is 0.228 e. The van der Waals surface area contributed by atoms with Gasteiger partial charge in [0.25, 0.3) is 0 Å². The molecule has 2 saturated heterocycles. The Labute approximate surface area is 176 Å². The third-order valence-corrected chi connectivity index (χ3v) is 6.36. The Bertz CT molecular complexity index is 881. The summed E-state index contributed by atoms with van der Waals surface area (Å²) in [5, 5.41) is 0.735. The third kappa shape index (κ3) is 4.10. The SMILES string of the molecule is C[C@@H](c1ccccc1)N1C[C@@H](C(=O)N2CCN(c3ccccc3Cl)CC2)CC1=O. The van der Waals surface area contributed by atoms with Gasteiger partial charge in [0.1, 0.15) is 0 Å². The van der Waals surface area contributed by atoms with Crippen LogP contribution in [0.5, 0.6) is 0 Å². The van der Waals surface area contributed by atoms with E-state index in [4.69, 9.17) is 11.6 Å². The van der Waals surface area contributed by atoms with E-state index in [1.54, 1.807) is 0 Å². The minimum Gasteiger partial charge on any atom is -0.367 e. The summed E-state index contributed by atoms with van der Waals surface area (Å²) in [6.07, 6.45) is 0.306. The molecule has 0 bridgehead atoms.